The largest absolute Gasteiger partial charge is 0.453 e. The molecule has 0 bridgehead atoms. The molecular formula is C14H13N3O2. The maximum Gasteiger partial charge on any atom is 0.256 e. The predicted octanol–water partition coefficient (Wildman–Crippen LogP) is 2.33. The Hall–Kier alpha value is -2.56. The zero-order valence-corrected chi connectivity index (χ0v) is 10.4. The third-order valence-electron chi connectivity index (χ3n) is 3.06. The highest BCUT2D eigenvalue weighted by Crippen LogP contribution is 2.25. The molecule has 0 atom stereocenters. The van der Waals surface area contributed by atoms with Crippen molar-refractivity contribution < 1.29 is 4.42 Å². The van der Waals surface area contributed by atoms with Crippen molar-refractivity contribution >= 4 is 16.8 Å². The van der Waals surface area contributed by atoms with E-state index in [1.54, 1.807) is 0 Å². The van der Waals surface area contributed by atoms with Crippen LogP contribution in [0.2, 0.25) is 0 Å². The summed E-state index contributed by atoms with van der Waals surface area (Å²) in [4.78, 5) is 18.8. The molecule has 0 saturated heterocycles. The number of aromatic amines is 1. The van der Waals surface area contributed by atoms with Crippen molar-refractivity contribution in [2.75, 3.05) is 5.73 Å². The minimum atomic E-state index is -0.217. The molecule has 2 aromatic heterocycles. The summed E-state index contributed by atoms with van der Waals surface area (Å²) < 4.78 is 5.65. The highest BCUT2D eigenvalue weighted by molar-refractivity contribution is 5.81. The van der Waals surface area contributed by atoms with Crippen LogP contribution in [0.25, 0.3) is 22.6 Å². The molecule has 0 spiro atoms. The monoisotopic (exact) mass is 255 g/mol. The van der Waals surface area contributed by atoms with Crippen molar-refractivity contribution in [3.8, 4) is 11.6 Å². The normalized spacial score (nSPS) is 11.0. The number of furan rings is 1. The number of rotatable bonds is 2. The van der Waals surface area contributed by atoms with Crippen molar-refractivity contribution in [2.45, 2.75) is 13.3 Å². The molecule has 0 aliphatic heterocycles. The molecule has 5 nitrogen and oxygen atoms in total. The third kappa shape index (κ3) is 1.89. The van der Waals surface area contributed by atoms with Crippen LogP contribution in [0.1, 0.15) is 12.5 Å². The summed E-state index contributed by atoms with van der Waals surface area (Å²) in [6.45, 7) is 1.86. The van der Waals surface area contributed by atoms with Gasteiger partial charge in [0, 0.05) is 5.39 Å². The van der Waals surface area contributed by atoms with Gasteiger partial charge in [-0.1, -0.05) is 25.1 Å². The van der Waals surface area contributed by atoms with Crippen LogP contribution >= 0.6 is 0 Å². The Morgan fingerprint density at radius 2 is 2.16 bits per heavy atom. The van der Waals surface area contributed by atoms with Gasteiger partial charge in [0.2, 0.25) is 0 Å². The van der Waals surface area contributed by atoms with Crippen LogP contribution in [-0.2, 0) is 6.42 Å². The van der Waals surface area contributed by atoms with Crippen molar-refractivity contribution in [1.82, 2.24) is 9.97 Å². The maximum absolute atomic E-state index is 11.9. The lowest BCUT2D eigenvalue weighted by atomic mass is 10.2. The first-order valence-electron chi connectivity index (χ1n) is 6.06. The number of anilines is 1. The topological polar surface area (TPSA) is 84.9 Å². The molecule has 3 rings (SSSR count). The first-order valence-corrected chi connectivity index (χ1v) is 6.06. The van der Waals surface area contributed by atoms with Crippen molar-refractivity contribution in [1.29, 1.82) is 0 Å². The second-order valence-corrected chi connectivity index (χ2v) is 4.28. The van der Waals surface area contributed by atoms with E-state index >= 15 is 0 Å². The van der Waals surface area contributed by atoms with E-state index in [1.165, 1.54) is 0 Å². The van der Waals surface area contributed by atoms with Crippen LogP contribution < -0.4 is 11.3 Å². The van der Waals surface area contributed by atoms with Gasteiger partial charge in [0.1, 0.15) is 11.4 Å². The molecule has 1 aromatic carbocycles. The molecule has 0 saturated carbocycles. The molecule has 2 heterocycles. The molecule has 0 aliphatic carbocycles. The molecule has 96 valence electrons. The van der Waals surface area contributed by atoms with Crippen LogP contribution in [0, 0.1) is 0 Å². The Bertz CT molecular complexity index is 769. The maximum atomic E-state index is 11.9. The molecule has 0 fully saturated rings. The Morgan fingerprint density at radius 3 is 2.84 bits per heavy atom. The van der Waals surface area contributed by atoms with Gasteiger partial charge < -0.3 is 15.1 Å². The number of para-hydroxylation sites is 1. The molecule has 5 heteroatoms. The molecule has 0 radical (unpaired) electrons. The number of fused-ring (bicyclic) bond motifs is 1. The number of H-pyrrole nitrogens is 1. The van der Waals surface area contributed by atoms with E-state index in [1.807, 2.05) is 37.3 Å². The van der Waals surface area contributed by atoms with E-state index in [4.69, 9.17) is 10.2 Å². The highest BCUT2D eigenvalue weighted by atomic mass is 16.3. The van der Waals surface area contributed by atoms with E-state index in [0.717, 1.165) is 11.0 Å². The molecule has 0 amide bonds. The van der Waals surface area contributed by atoms with Gasteiger partial charge in [-0.25, -0.2) is 4.98 Å². The summed E-state index contributed by atoms with van der Waals surface area (Å²) in [6, 6.07) is 9.44. The number of aromatic nitrogens is 2. The van der Waals surface area contributed by atoms with E-state index in [0.29, 0.717) is 23.6 Å². The van der Waals surface area contributed by atoms with Gasteiger partial charge in [-0.3, -0.25) is 4.79 Å². The number of nitrogens with one attached hydrogen (secondary N) is 1. The standard InChI is InChI=1S/C14H13N3O2/c1-2-9-12(15)16-13(17-14(9)18)11-7-8-5-3-4-6-10(8)19-11/h3-7H,2H2,1H3,(H3,15,16,17,18). The molecule has 3 N–H and O–H groups in total. The first kappa shape index (κ1) is 11.5. The van der Waals surface area contributed by atoms with Gasteiger partial charge in [0.25, 0.3) is 5.56 Å². The van der Waals surface area contributed by atoms with Crippen LogP contribution in [0.5, 0.6) is 0 Å². The SMILES string of the molecule is CCc1c(N)nc(-c2cc3ccccc3o2)[nH]c1=O. The number of hydrogen-bond donors (Lipinski definition) is 2. The lowest BCUT2D eigenvalue weighted by Gasteiger charge is -2.02. The third-order valence-corrected chi connectivity index (χ3v) is 3.06. The van der Waals surface area contributed by atoms with Crippen LogP contribution in [0.15, 0.2) is 39.5 Å². The van der Waals surface area contributed by atoms with Crippen LogP contribution in [0.3, 0.4) is 0 Å². The molecular weight excluding hydrogens is 242 g/mol. The van der Waals surface area contributed by atoms with Crippen LogP contribution in [0.4, 0.5) is 5.82 Å². The average Bonchev–Trinajstić information content (AvgIpc) is 2.82. The summed E-state index contributed by atoms with van der Waals surface area (Å²) in [5.74, 6) is 1.12. The number of benzene rings is 1. The quantitative estimate of drug-likeness (QED) is 0.736. The lowest BCUT2D eigenvalue weighted by molar-refractivity contribution is 0.624. The number of nitrogens with two attached hydrogens (primary N) is 1. The minimum absolute atomic E-state index is 0.217. The van der Waals surface area contributed by atoms with E-state index in [2.05, 4.69) is 9.97 Å². The van der Waals surface area contributed by atoms with Crippen molar-refractivity contribution in [2.24, 2.45) is 0 Å². The van der Waals surface area contributed by atoms with Gasteiger partial charge in [-0.2, -0.15) is 0 Å². The second kappa shape index (κ2) is 4.28. The molecule has 0 aliphatic rings. The fourth-order valence-electron chi connectivity index (χ4n) is 2.07. The van der Waals surface area contributed by atoms with E-state index < -0.39 is 0 Å². The average molecular weight is 255 g/mol. The highest BCUT2D eigenvalue weighted by Gasteiger charge is 2.12. The first-order chi connectivity index (χ1) is 9.19. The Labute approximate surface area is 109 Å². The molecule has 0 unspecified atom stereocenters. The van der Waals surface area contributed by atoms with Crippen LogP contribution in [-0.4, -0.2) is 9.97 Å². The summed E-state index contributed by atoms with van der Waals surface area (Å²) in [5, 5.41) is 0.957. The second-order valence-electron chi connectivity index (χ2n) is 4.28. The zero-order valence-electron chi connectivity index (χ0n) is 10.4. The van der Waals surface area contributed by atoms with Gasteiger partial charge in [0.05, 0.1) is 5.56 Å². The molecule has 19 heavy (non-hydrogen) atoms. The fraction of sp³-hybridized carbons (Fsp3) is 0.143. The van der Waals surface area contributed by atoms with Gasteiger partial charge in [0.15, 0.2) is 11.6 Å². The van der Waals surface area contributed by atoms with Gasteiger partial charge in [-0.15, -0.1) is 0 Å². The van der Waals surface area contributed by atoms with Gasteiger partial charge in [-0.05, 0) is 18.6 Å². The Kier molecular flexibility index (Phi) is 2.59. The number of hydrogen-bond acceptors (Lipinski definition) is 4. The smallest absolute Gasteiger partial charge is 0.256 e. The van der Waals surface area contributed by atoms with Gasteiger partial charge >= 0.3 is 0 Å². The van der Waals surface area contributed by atoms with E-state index in [9.17, 15) is 4.79 Å². The minimum Gasteiger partial charge on any atom is -0.453 e. The summed E-state index contributed by atoms with van der Waals surface area (Å²) in [7, 11) is 0. The summed E-state index contributed by atoms with van der Waals surface area (Å²) >= 11 is 0. The van der Waals surface area contributed by atoms with E-state index in [-0.39, 0.29) is 11.4 Å². The Balaban J connectivity index is 2.19. The summed E-state index contributed by atoms with van der Waals surface area (Å²) in [6.07, 6.45) is 0.550. The predicted molar refractivity (Wildman–Crippen MR) is 73.9 cm³/mol. The lowest BCUT2D eigenvalue weighted by Crippen LogP contribution is -2.17. The van der Waals surface area contributed by atoms with Crippen molar-refractivity contribution in [3.05, 3.63) is 46.2 Å². The number of nitrogen functional groups attached to an aromatic ring is 1. The number of nitrogens with zero attached hydrogens (tertiary/aromatic N) is 1. The zero-order chi connectivity index (χ0) is 13.4. The van der Waals surface area contributed by atoms with Crippen molar-refractivity contribution in [3.63, 3.8) is 0 Å². The summed E-state index contributed by atoms with van der Waals surface area (Å²) in [5.41, 5.74) is 6.82. The Morgan fingerprint density at radius 1 is 1.37 bits per heavy atom. The fourth-order valence-corrected chi connectivity index (χ4v) is 2.07. The molecule has 3 aromatic rings.